The minimum atomic E-state index is -1.09. The zero-order chi connectivity index (χ0) is 14.5. The van der Waals surface area contributed by atoms with Gasteiger partial charge in [0.05, 0.1) is 11.3 Å². The summed E-state index contributed by atoms with van der Waals surface area (Å²) in [5, 5.41) is 13.6. The fourth-order valence-electron chi connectivity index (χ4n) is 1.48. The van der Waals surface area contributed by atoms with E-state index in [0.717, 1.165) is 11.8 Å². The van der Waals surface area contributed by atoms with Gasteiger partial charge in [-0.2, -0.15) is 0 Å². The molecule has 0 aliphatic carbocycles. The third-order valence-corrected chi connectivity index (χ3v) is 3.22. The van der Waals surface area contributed by atoms with Gasteiger partial charge in [0.2, 0.25) is 0 Å². The highest BCUT2D eigenvalue weighted by atomic mass is 32.1. The average molecular weight is 289 g/mol. The lowest BCUT2D eigenvalue weighted by Gasteiger charge is -2.04. The van der Waals surface area contributed by atoms with E-state index in [0.29, 0.717) is 16.3 Å². The van der Waals surface area contributed by atoms with E-state index in [2.05, 4.69) is 15.3 Å². The molecule has 6 nitrogen and oxygen atoms in total. The van der Waals surface area contributed by atoms with Crippen molar-refractivity contribution in [2.45, 2.75) is 6.92 Å². The van der Waals surface area contributed by atoms with Crippen LogP contribution in [-0.2, 0) is 4.79 Å². The zero-order valence-corrected chi connectivity index (χ0v) is 11.3. The maximum Gasteiger partial charge on any atom is 0.328 e. The maximum absolute atomic E-state index is 12.1. The Labute approximate surface area is 118 Å². The van der Waals surface area contributed by atoms with E-state index in [1.807, 2.05) is 12.3 Å². The molecule has 1 amide bonds. The lowest BCUT2D eigenvalue weighted by molar-refractivity contribution is -0.131. The summed E-state index contributed by atoms with van der Waals surface area (Å²) >= 11 is 1.33. The van der Waals surface area contributed by atoms with E-state index in [9.17, 15) is 9.59 Å². The molecule has 2 N–H and O–H groups in total. The van der Waals surface area contributed by atoms with Gasteiger partial charge in [-0.05, 0) is 19.1 Å². The molecule has 0 unspecified atom stereocenters. The maximum atomic E-state index is 12.1. The number of hydrogen-bond donors (Lipinski definition) is 2. The normalized spacial score (nSPS) is 10.7. The first-order chi connectivity index (χ1) is 9.56. The van der Waals surface area contributed by atoms with Crippen LogP contribution in [-0.4, -0.2) is 27.0 Å². The number of carbonyl (C=O) groups excluding carboxylic acids is 1. The van der Waals surface area contributed by atoms with E-state index in [1.54, 1.807) is 0 Å². The van der Waals surface area contributed by atoms with Crippen LogP contribution in [0.1, 0.15) is 21.6 Å². The van der Waals surface area contributed by atoms with Gasteiger partial charge in [0, 0.05) is 29.4 Å². The highest BCUT2D eigenvalue weighted by Gasteiger charge is 2.11. The zero-order valence-electron chi connectivity index (χ0n) is 10.5. The highest BCUT2D eigenvalue weighted by Crippen LogP contribution is 2.17. The number of aryl methyl sites for hydroxylation is 1. The minimum Gasteiger partial charge on any atom is -0.478 e. The van der Waals surface area contributed by atoms with E-state index in [4.69, 9.17) is 5.11 Å². The summed E-state index contributed by atoms with van der Waals surface area (Å²) in [7, 11) is 0. The van der Waals surface area contributed by atoms with E-state index < -0.39 is 5.97 Å². The summed E-state index contributed by atoms with van der Waals surface area (Å²) in [5.74, 6) is -1.44. The fraction of sp³-hybridized carbons (Fsp3) is 0.0769. The van der Waals surface area contributed by atoms with Gasteiger partial charge in [-0.3, -0.25) is 15.1 Å². The number of nitrogens with zero attached hydrogens (tertiary/aromatic N) is 2. The second-order valence-electron chi connectivity index (χ2n) is 3.88. The quantitative estimate of drug-likeness (QED) is 0.842. The predicted molar refractivity (Wildman–Crippen MR) is 75.7 cm³/mol. The standard InChI is InChI=1S/C13H11N3O3S/c1-8-7-20-13(15-8)16-12(19)10-4-5-14-6-9(10)2-3-11(17)18/h2-7H,1H3,(H,17,18)(H,15,16,19). The second-order valence-corrected chi connectivity index (χ2v) is 4.74. The molecule has 0 saturated carbocycles. The van der Waals surface area contributed by atoms with E-state index in [1.165, 1.54) is 35.9 Å². The summed E-state index contributed by atoms with van der Waals surface area (Å²) < 4.78 is 0. The van der Waals surface area contributed by atoms with Gasteiger partial charge in [-0.1, -0.05) is 0 Å². The number of pyridine rings is 1. The number of thiazole rings is 1. The van der Waals surface area contributed by atoms with Crippen LogP contribution in [0.5, 0.6) is 0 Å². The van der Waals surface area contributed by atoms with Crippen molar-refractivity contribution >= 4 is 34.4 Å². The molecule has 0 aliphatic heterocycles. The molecular weight excluding hydrogens is 278 g/mol. The number of amides is 1. The van der Waals surface area contributed by atoms with Gasteiger partial charge < -0.3 is 5.11 Å². The lowest BCUT2D eigenvalue weighted by Crippen LogP contribution is -2.13. The summed E-state index contributed by atoms with van der Waals surface area (Å²) in [6, 6.07) is 1.53. The van der Waals surface area contributed by atoms with Crippen molar-refractivity contribution in [1.82, 2.24) is 9.97 Å². The number of anilines is 1. The van der Waals surface area contributed by atoms with Crippen LogP contribution < -0.4 is 5.32 Å². The van der Waals surface area contributed by atoms with Crippen LogP contribution in [0.2, 0.25) is 0 Å². The van der Waals surface area contributed by atoms with Gasteiger partial charge in [-0.25, -0.2) is 9.78 Å². The summed E-state index contributed by atoms with van der Waals surface area (Å²) in [4.78, 5) is 30.7. The molecule has 0 aromatic carbocycles. The molecule has 20 heavy (non-hydrogen) atoms. The summed E-state index contributed by atoms with van der Waals surface area (Å²) in [6.45, 7) is 1.83. The van der Waals surface area contributed by atoms with Crippen molar-refractivity contribution in [2.24, 2.45) is 0 Å². The largest absolute Gasteiger partial charge is 0.478 e. The third kappa shape index (κ3) is 3.48. The Morgan fingerprint density at radius 2 is 2.25 bits per heavy atom. The molecule has 0 fully saturated rings. The van der Waals surface area contributed by atoms with E-state index in [-0.39, 0.29) is 5.91 Å². The predicted octanol–water partition coefficient (Wildman–Crippen LogP) is 2.20. The number of carbonyl (C=O) groups is 2. The molecule has 2 aromatic heterocycles. The van der Waals surface area contributed by atoms with Crippen molar-refractivity contribution in [3.05, 3.63) is 46.7 Å². The van der Waals surface area contributed by atoms with Crippen molar-refractivity contribution < 1.29 is 14.7 Å². The van der Waals surface area contributed by atoms with Crippen LogP contribution in [0.3, 0.4) is 0 Å². The fourth-order valence-corrected chi connectivity index (χ4v) is 2.17. The molecular formula is C13H11N3O3S. The third-order valence-electron chi connectivity index (χ3n) is 2.34. The molecule has 0 atom stereocenters. The highest BCUT2D eigenvalue weighted by molar-refractivity contribution is 7.13. The van der Waals surface area contributed by atoms with Crippen LogP contribution >= 0.6 is 11.3 Å². The van der Waals surface area contributed by atoms with Crippen LogP contribution in [0.25, 0.3) is 6.08 Å². The molecule has 0 spiro atoms. The minimum absolute atomic E-state index is 0.338. The number of nitrogens with one attached hydrogen (secondary N) is 1. The van der Waals surface area contributed by atoms with Gasteiger partial charge in [0.1, 0.15) is 0 Å². The van der Waals surface area contributed by atoms with Crippen molar-refractivity contribution in [3.63, 3.8) is 0 Å². The smallest absolute Gasteiger partial charge is 0.328 e. The number of carboxylic acid groups (broad SMARTS) is 1. The number of aliphatic carboxylic acids is 1. The van der Waals surface area contributed by atoms with Crippen LogP contribution in [0, 0.1) is 6.92 Å². The first-order valence-electron chi connectivity index (χ1n) is 5.65. The lowest BCUT2D eigenvalue weighted by atomic mass is 10.1. The van der Waals surface area contributed by atoms with Crippen molar-refractivity contribution in [1.29, 1.82) is 0 Å². The molecule has 2 rings (SSSR count). The molecule has 0 saturated heterocycles. The number of aromatic nitrogens is 2. The molecule has 2 heterocycles. The Hall–Kier alpha value is -2.54. The Kier molecular flexibility index (Phi) is 4.21. The number of carboxylic acids is 1. The Balaban J connectivity index is 2.23. The molecule has 0 radical (unpaired) electrons. The van der Waals surface area contributed by atoms with Gasteiger partial charge in [0.15, 0.2) is 5.13 Å². The van der Waals surface area contributed by atoms with E-state index >= 15 is 0 Å². The Morgan fingerprint density at radius 1 is 1.45 bits per heavy atom. The number of hydrogen-bond acceptors (Lipinski definition) is 5. The summed E-state index contributed by atoms with van der Waals surface area (Å²) in [6.07, 6.45) is 5.19. The topological polar surface area (TPSA) is 92.2 Å². The molecule has 7 heteroatoms. The van der Waals surface area contributed by atoms with Crippen LogP contribution in [0.15, 0.2) is 29.9 Å². The van der Waals surface area contributed by atoms with Crippen LogP contribution in [0.4, 0.5) is 5.13 Å². The van der Waals surface area contributed by atoms with Gasteiger partial charge >= 0.3 is 5.97 Å². The molecule has 0 aliphatic rings. The van der Waals surface area contributed by atoms with Crippen molar-refractivity contribution in [3.8, 4) is 0 Å². The van der Waals surface area contributed by atoms with Gasteiger partial charge in [-0.15, -0.1) is 11.3 Å². The molecule has 2 aromatic rings. The average Bonchev–Trinajstić information content (AvgIpc) is 2.82. The monoisotopic (exact) mass is 289 g/mol. The second kappa shape index (κ2) is 6.07. The van der Waals surface area contributed by atoms with Gasteiger partial charge in [0.25, 0.3) is 5.91 Å². The Bertz CT molecular complexity index is 679. The first-order valence-corrected chi connectivity index (χ1v) is 6.52. The number of rotatable bonds is 4. The molecule has 0 bridgehead atoms. The SMILES string of the molecule is Cc1csc(NC(=O)c2ccncc2C=CC(=O)O)n1. The first kappa shape index (κ1) is 13.9. The Morgan fingerprint density at radius 3 is 2.90 bits per heavy atom. The summed E-state index contributed by atoms with van der Waals surface area (Å²) in [5.41, 5.74) is 1.59. The van der Waals surface area contributed by atoms with Crippen molar-refractivity contribution in [2.75, 3.05) is 5.32 Å². The molecule has 102 valence electrons.